The maximum atomic E-state index is 12.1. The fraction of sp³-hybridized carbons (Fsp3) is 0.267. The van der Waals surface area contributed by atoms with E-state index in [1.165, 1.54) is 5.56 Å². The van der Waals surface area contributed by atoms with Gasteiger partial charge < -0.3 is 10.2 Å². The van der Waals surface area contributed by atoms with Crippen LogP contribution in [0, 0.1) is 0 Å². The third kappa shape index (κ3) is 3.32. The molecule has 0 saturated carbocycles. The van der Waals surface area contributed by atoms with Gasteiger partial charge in [0, 0.05) is 19.7 Å². The first kappa shape index (κ1) is 14.0. The lowest BCUT2D eigenvalue weighted by atomic mass is 10.1. The Kier molecular flexibility index (Phi) is 4.30. The molecule has 0 unspecified atom stereocenters. The molecule has 1 N–H and O–H groups in total. The van der Waals surface area contributed by atoms with E-state index in [-0.39, 0.29) is 5.91 Å². The third-order valence-electron chi connectivity index (χ3n) is 2.92. The molecular weight excluding hydrogens is 252 g/mol. The summed E-state index contributed by atoms with van der Waals surface area (Å²) in [6, 6.07) is 7.56. The van der Waals surface area contributed by atoms with Crippen molar-refractivity contribution in [2.45, 2.75) is 13.3 Å². The highest BCUT2D eigenvalue weighted by atomic mass is 16.1. The number of nitrogens with one attached hydrogen (secondary N) is 1. The SMILES string of the molecule is CCc1ccc(C(=O)Nc2cnc(N(C)C)nc2)cc1. The molecule has 104 valence electrons. The number of carbonyl (C=O) groups excluding carboxylic acids is 1. The van der Waals surface area contributed by atoms with Crippen LogP contribution >= 0.6 is 0 Å². The number of hydrogen-bond donors (Lipinski definition) is 1. The minimum absolute atomic E-state index is 0.158. The van der Waals surface area contributed by atoms with Gasteiger partial charge in [-0.15, -0.1) is 0 Å². The molecule has 0 aliphatic carbocycles. The van der Waals surface area contributed by atoms with Gasteiger partial charge in [-0.05, 0) is 24.1 Å². The molecular formula is C15H18N4O. The predicted octanol–water partition coefficient (Wildman–Crippen LogP) is 2.36. The summed E-state index contributed by atoms with van der Waals surface area (Å²) >= 11 is 0. The largest absolute Gasteiger partial charge is 0.347 e. The Balaban J connectivity index is 2.06. The number of aromatic nitrogens is 2. The Morgan fingerprint density at radius 2 is 1.75 bits per heavy atom. The van der Waals surface area contributed by atoms with Gasteiger partial charge in [-0.2, -0.15) is 0 Å². The van der Waals surface area contributed by atoms with Crippen LogP contribution in [0.1, 0.15) is 22.8 Å². The maximum absolute atomic E-state index is 12.1. The summed E-state index contributed by atoms with van der Waals surface area (Å²) in [6.45, 7) is 2.08. The normalized spacial score (nSPS) is 10.2. The first-order chi connectivity index (χ1) is 9.60. The molecule has 2 aromatic rings. The lowest BCUT2D eigenvalue weighted by Gasteiger charge is -2.10. The van der Waals surface area contributed by atoms with Crippen molar-refractivity contribution < 1.29 is 4.79 Å². The van der Waals surface area contributed by atoms with Crippen molar-refractivity contribution in [2.24, 2.45) is 0 Å². The smallest absolute Gasteiger partial charge is 0.255 e. The first-order valence-electron chi connectivity index (χ1n) is 6.50. The molecule has 2 rings (SSSR count). The number of carbonyl (C=O) groups is 1. The minimum Gasteiger partial charge on any atom is -0.347 e. The highest BCUT2D eigenvalue weighted by Crippen LogP contribution is 2.11. The van der Waals surface area contributed by atoms with Crippen LogP contribution in [-0.2, 0) is 6.42 Å². The fourth-order valence-electron chi connectivity index (χ4n) is 1.71. The fourth-order valence-corrected chi connectivity index (χ4v) is 1.71. The number of rotatable bonds is 4. The van der Waals surface area contributed by atoms with Gasteiger partial charge in [0.2, 0.25) is 5.95 Å². The van der Waals surface area contributed by atoms with Gasteiger partial charge in [-0.25, -0.2) is 9.97 Å². The summed E-state index contributed by atoms with van der Waals surface area (Å²) in [4.78, 5) is 22.2. The van der Waals surface area contributed by atoms with E-state index in [2.05, 4.69) is 22.2 Å². The topological polar surface area (TPSA) is 58.1 Å². The van der Waals surface area contributed by atoms with Crippen LogP contribution in [-0.4, -0.2) is 30.0 Å². The Morgan fingerprint density at radius 1 is 1.15 bits per heavy atom. The highest BCUT2D eigenvalue weighted by molar-refractivity contribution is 6.04. The van der Waals surface area contributed by atoms with Gasteiger partial charge in [-0.3, -0.25) is 4.79 Å². The zero-order chi connectivity index (χ0) is 14.5. The van der Waals surface area contributed by atoms with Gasteiger partial charge in [-0.1, -0.05) is 19.1 Å². The Bertz CT molecular complexity index is 576. The van der Waals surface area contributed by atoms with Gasteiger partial charge in [0.1, 0.15) is 0 Å². The van der Waals surface area contributed by atoms with Gasteiger partial charge in [0.25, 0.3) is 5.91 Å². The second kappa shape index (κ2) is 6.14. The Morgan fingerprint density at radius 3 is 2.25 bits per heavy atom. The van der Waals surface area contributed by atoms with E-state index in [0.717, 1.165) is 6.42 Å². The Labute approximate surface area is 118 Å². The molecule has 0 fully saturated rings. The van der Waals surface area contributed by atoms with E-state index < -0.39 is 0 Å². The molecule has 0 atom stereocenters. The zero-order valence-corrected chi connectivity index (χ0v) is 11.9. The van der Waals surface area contributed by atoms with Crippen LogP contribution in [0.3, 0.4) is 0 Å². The number of nitrogens with zero attached hydrogens (tertiary/aromatic N) is 3. The van der Waals surface area contributed by atoms with Crippen LogP contribution < -0.4 is 10.2 Å². The van der Waals surface area contributed by atoms with Crippen LogP contribution in [0.15, 0.2) is 36.7 Å². The van der Waals surface area contributed by atoms with Crippen LogP contribution in [0.25, 0.3) is 0 Å². The van der Waals surface area contributed by atoms with Crippen LogP contribution in [0.4, 0.5) is 11.6 Å². The summed E-state index contributed by atoms with van der Waals surface area (Å²) < 4.78 is 0. The van der Waals surface area contributed by atoms with Crippen molar-refractivity contribution in [3.63, 3.8) is 0 Å². The third-order valence-corrected chi connectivity index (χ3v) is 2.92. The predicted molar refractivity (Wildman–Crippen MR) is 80.1 cm³/mol. The molecule has 20 heavy (non-hydrogen) atoms. The number of amides is 1. The van der Waals surface area contributed by atoms with Gasteiger partial charge in [0.15, 0.2) is 0 Å². The lowest BCUT2D eigenvalue weighted by molar-refractivity contribution is 0.102. The number of aryl methyl sites for hydroxylation is 1. The summed E-state index contributed by atoms with van der Waals surface area (Å²) in [6.07, 6.45) is 4.16. The first-order valence-corrected chi connectivity index (χ1v) is 6.50. The van der Waals surface area contributed by atoms with Crippen molar-refractivity contribution in [3.8, 4) is 0 Å². The summed E-state index contributed by atoms with van der Waals surface area (Å²) in [5.41, 5.74) is 2.42. The van der Waals surface area contributed by atoms with E-state index in [1.54, 1.807) is 17.3 Å². The molecule has 0 radical (unpaired) electrons. The van der Waals surface area contributed by atoms with Crippen molar-refractivity contribution >= 4 is 17.5 Å². The molecule has 0 spiro atoms. The highest BCUT2D eigenvalue weighted by Gasteiger charge is 2.07. The summed E-state index contributed by atoms with van der Waals surface area (Å²) in [7, 11) is 3.73. The Hall–Kier alpha value is -2.43. The van der Waals surface area contributed by atoms with E-state index in [9.17, 15) is 4.79 Å². The zero-order valence-electron chi connectivity index (χ0n) is 11.9. The molecule has 1 amide bonds. The lowest BCUT2D eigenvalue weighted by Crippen LogP contribution is -2.15. The quantitative estimate of drug-likeness (QED) is 0.926. The average molecular weight is 270 g/mol. The van der Waals surface area contributed by atoms with E-state index in [4.69, 9.17) is 0 Å². The molecule has 1 heterocycles. The molecule has 1 aromatic carbocycles. The molecule has 0 aliphatic rings. The van der Waals surface area contributed by atoms with E-state index in [0.29, 0.717) is 17.2 Å². The van der Waals surface area contributed by atoms with E-state index >= 15 is 0 Å². The van der Waals surface area contributed by atoms with Crippen molar-refractivity contribution in [1.29, 1.82) is 0 Å². The monoisotopic (exact) mass is 270 g/mol. The molecule has 0 aliphatic heterocycles. The summed E-state index contributed by atoms with van der Waals surface area (Å²) in [5.74, 6) is 0.448. The second-order valence-electron chi connectivity index (χ2n) is 4.67. The molecule has 5 heteroatoms. The maximum Gasteiger partial charge on any atom is 0.255 e. The van der Waals surface area contributed by atoms with Crippen molar-refractivity contribution in [2.75, 3.05) is 24.3 Å². The second-order valence-corrected chi connectivity index (χ2v) is 4.67. The van der Waals surface area contributed by atoms with E-state index in [1.807, 2.05) is 38.4 Å². The van der Waals surface area contributed by atoms with Crippen molar-refractivity contribution in [3.05, 3.63) is 47.8 Å². The van der Waals surface area contributed by atoms with Gasteiger partial charge >= 0.3 is 0 Å². The number of benzene rings is 1. The number of anilines is 2. The molecule has 5 nitrogen and oxygen atoms in total. The number of hydrogen-bond acceptors (Lipinski definition) is 4. The van der Waals surface area contributed by atoms with Crippen LogP contribution in [0.2, 0.25) is 0 Å². The summed E-state index contributed by atoms with van der Waals surface area (Å²) in [5, 5.41) is 2.78. The molecule has 0 bridgehead atoms. The molecule has 1 aromatic heterocycles. The van der Waals surface area contributed by atoms with Crippen LogP contribution in [0.5, 0.6) is 0 Å². The minimum atomic E-state index is -0.158. The van der Waals surface area contributed by atoms with Crippen molar-refractivity contribution in [1.82, 2.24) is 9.97 Å². The van der Waals surface area contributed by atoms with Gasteiger partial charge in [0.05, 0.1) is 18.1 Å². The standard InChI is InChI=1S/C15H18N4O/c1-4-11-5-7-12(8-6-11)14(20)18-13-9-16-15(17-10-13)19(2)3/h5-10H,4H2,1-3H3,(H,18,20). The molecule has 0 saturated heterocycles. The average Bonchev–Trinajstić information content (AvgIpc) is 2.48.